The fraction of sp³-hybridized carbons (Fsp3) is 0.941. The second-order valence-electron chi connectivity index (χ2n) is 7.86. The molecular formula is C17H30F3N3O. The monoisotopic (exact) mass is 349 g/mol. The van der Waals surface area contributed by atoms with E-state index in [0.29, 0.717) is 13.1 Å². The molecule has 0 aromatic rings. The average Bonchev–Trinajstić information content (AvgIpc) is 2.45. The predicted octanol–water partition coefficient (Wildman–Crippen LogP) is 2.50. The lowest BCUT2D eigenvalue weighted by molar-refractivity contribution is -0.216. The van der Waals surface area contributed by atoms with E-state index in [2.05, 4.69) is 17.1 Å². The number of nitrogens with one attached hydrogen (secondary N) is 1. The van der Waals surface area contributed by atoms with Gasteiger partial charge in [0.1, 0.15) is 0 Å². The van der Waals surface area contributed by atoms with Crippen molar-refractivity contribution in [3.05, 3.63) is 0 Å². The van der Waals surface area contributed by atoms with Crippen molar-refractivity contribution in [2.45, 2.75) is 52.3 Å². The van der Waals surface area contributed by atoms with E-state index >= 15 is 0 Å². The van der Waals surface area contributed by atoms with E-state index in [9.17, 15) is 18.0 Å². The zero-order valence-electron chi connectivity index (χ0n) is 15.0. The number of carbonyl (C=O) groups is 1. The van der Waals surface area contributed by atoms with Gasteiger partial charge in [-0.05, 0) is 37.8 Å². The molecule has 0 aromatic carbocycles. The van der Waals surface area contributed by atoms with Crippen LogP contribution < -0.4 is 5.32 Å². The summed E-state index contributed by atoms with van der Waals surface area (Å²) in [5, 5.41) is 3.05. The molecule has 2 saturated heterocycles. The standard InChI is InChI=1S/C17H30F3N3O/c1-4-22-8-5-13(6-9-22)21-15(24)11-23-10-7-14(17(18,19)20)16(2,3)12-23/h13-14H,4-12H2,1-3H3,(H,21,24)/t14-/m0/s1. The maximum absolute atomic E-state index is 13.1. The highest BCUT2D eigenvalue weighted by molar-refractivity contribution is 5.78. The van der Waals surface area contributed by atoms with Gasteiger partial charge in [0.2, 0.25) is 5.91 Å². The molecule has 140 valence electrons. The molecule has 2 heterocycles. The number of rotatable bonds is 4. The molecule has 2 fully saturated rings. The topological polar surface area (TPSA) is 35.6 Å². The number of likely N-dealkylation sites (tertiary alicyclic amines) is 2. The highest BCUT2D eigenvalue weighted by Gasteiger charge is 2.51. The number of nitrogens with zero attached hydrogens (tertiary/aromatic N) is 2. The van der Waals surface area contributed by atoms with Crippen molar-refractivity contribution >= 4 is 5.91 Å². The molecule has 0 saturated carbocycles. The first kappa shape index (κ1) is 19.5. The van der Waals surface area contributed by atoms with Crippen LogP contribution in [0.1, 0.15) is 40.0 Å². The van der Waals surface area contributed by atoms with Gasteiger partial charge in [0.25, 0.3) is 0 Å². The zero-order chi connectivity index (χ0) is 18.0. The average molecular weight is 349 g/mol. The Morgan fingerprint density at radius 2 is 1.71 bits per heavy atom. The Labute approximate surface area is 142 Å². The van der Waals surface area contributed by atoms with Crippen molar-refractivity contribution in [3.8, 4) is 0 Å². The number of hydrogen-bond donors (Lipinski definition) is 1. The van der Waals surface area contributed by atoms with E-state index in [1.807, 2.05) is 4.90 Å². The summed E-state index contributed by atoms with van der Waals surface area (Å²) in [7, 11) is 0. The maximum atomic E-state index is 13.1. The first-order valence-corrected chi connectivity index (χ1v) is 8.92. The van der Waals surface area contributed by atoms with E-state index in [-0.39, 0.29) is 24.9 Å². The van der Waals surface area contributed by atoms with E-state index in [1.54, 1.807) is 13.8 Å². The zero-order valence-corrected chi connectivity index (χ0v) is 15.0. The lowest BCUT2D eigenvalue weighted by atomic mass is 9.73. The molecule has 2 aliphatic heterocycles. The first-order chi connectivity index (χ1) is 11.1. The van der Waals surface area contributed by atoms with Gasteiger partial charge in [-0.2, -0.15) is 13.2 Å². The van der Waals surface area contributed by atoms with Gasteiger partial charge < -0.3 is 10.2 Å². The maximum Gasteiger partial charge on any atom is 0.392 e. The highest BCUT2D eigenvalue weighted by atomic mass is 19.4. The number of amides is 1. The van der Waals surface area contributed by atoms with E-state index in [1.165, 1.54) is 0 Å². The number of halogens is 3. The quantitative estimate of drug-likeness (QED) is 0.847. The summed E-state index contributed by atoms with van der Waals surface area (Å²) in [6.07, 6.45) is -2.20. The molecule has 0 spiro atoms. The van der Waals surface area contributed by atoms with Crippen LogP contribution in [0.4, 0.5) is 13.2 Å². The predicted molar refractivity (Wildman–Crippen MR) is 87.7 cm³/mol. The Morgan fingerprint density at radius 1 is 1.12 bits per heavy atom. The largest absolute Gasteiger partial charge is 0.392 e. The fourth-order valence-corrected chi connectivity index (χ4v) is 4.08. The van der Waals surface area contributed by atoms with Crippen LogP contribution >= 0.6 is 0 Å². The van der Waals surface area contributed by atoms with Crippen LogP contribution in [-0.2, 0) is 4.79 Å². The van der Waals surface area contributed by atoms with Gasteiger partial charge in [-0.25, -0.2) is 0 Å². The molecule has 0 unspecified atom stereocenters. The summed E-state index contributed by atoms with van der Waals surface area (Å²) in [6.45, 7) is 9.27. The second-order valence-corrected chi connectivity index (χ2v) is 7.86. The van der Waals surface area contributed by atoms with Crippen molar-refractivity contribution < 1.29 is 18.0 Å². The van der Waals surface area contributed by atoms with Crippen molar-refractivity contribution in [3.63, 3.8) is 0 Å². The number of carbonyl (C=O) groups excluding carboxylic acids is 1. The minimum absolute atomic E-state index is 0.0637. The minimum Gasteiger partial charge on any atom is -0.352 e. The molecule has 0 aromatic heterocycles. The van der Waals surface area contributed by atoms with Crippen LogP contribution in [-0.4, -0.2) is 67.2 Å². The van der Waals surface area contributed by atoms with Crippen molar-refractivity contribution in [2.75, 3.05) is 39.3 Å². The lowest BCUT2D eigenvalue weighted by Gasteiger charge is -2.44. The Balaban J connectivity index is 1.79. The smallest absolute Gasteiger partial charge is 0.352 e. The van der Waals surface area contributed by atoms with Crippen LogP contribution in [0.3, 0.4) is 0 Å². The third-order valence-electron chi connectivity index (χ3n) is 5.47. The van der Waals surface area contributed by atoms with Crippen molar-refractivity contribution in [2.24, 2.45) is 11.3 Å². The molecular weight excluding hydrogens is 319 g/mol. The van der Waals surface area contributed by atoms with Crippen molar-refractivity contribution in [1.82, 2.24) is 15.1 Å². The van der Waals surface area contributed by atoms with Crippen LogP contribution in [0, 0.1) is 11.3 Å². The van der Waals surface area contributed by atoms with Crippen LogP contribution in [0.5, 0.6) is 0 Å². The Hall–Kier alpha value is -0.820. The molecule has 0 radical (unpaired) electrons. The minimum atomic E-state index is -4.16. The van der Waals surface area contributed by atoms with Crippen LogP contribution in [0.2, 0.25) is 0 Å². The summed E-state index contributed by atoms with van der Waals surface area (Å²) in [5.41, 5.74) is -0.858. The summed E-state index contributed by atoms with van der Waals surface area (Å²) >= 11 is 0. The summed E-state index contributed by atoms with van der Waals surface area (Å²) in [4.78, 5) is 16.4. The number of piperidine rings is 2. The molecule has 0 aliphatic carbocycles. The molecule has 1 atom stereocenters. The van der Waals surface area contributed by atoms with Gasteiger partial charge in [0.15, 0.2) is 0 Å². The third kappa shape index (κ3) is 5.09. The molecule has 1 N–H and O–H groups in total. The molecule has 7 heteroatoms. The van der Waals surface area contributed by atoms with Gasteiger partial charge in [0.05, 0.1) is 12.5 Å². The van der Waals surface area contributed by atoms with Crippen molar-refractivity contribution in [1.29, 1.82) is 0 Å². The molecule has 4 nitrogen and oxygen atoms in total. The van der Waals surface area contributed by atoms with Gasteiger partial charge in [0, 0.05) is 25.7 Å². The van der Waals surface area contributed by atoms with E-state index < -0.39 is 17.5 Å². The Bertz CT molecular complexity index is 431. The highest BCUT2D eigenvalue weighted by Crippen LogP contribution is 2.44. The number of hydrogen-bond acceptors (Lipinski definition) is 3. The van der Waals surface area contributed by atoms with Gasteiger partial charge in [-0.15, -0.1) is 0 Å². The molecule has 24 heavy (non-hydrogen) atoms. The summed E-state index contributed by atoms with van der Waals surface area (Å²) in [5.74, 6) is -1.35. The Kier molecular flexibility index (Phi) is 6.18. The molecule has 1 amide bonds. The fourth-order valence-electron chi connectivity index (χ4n) is 4.08. The molecule has 0 bridgehead atoms. The summed E-state index contributed by atoms with van der Waals surface area (Å²) in [6, 6.07) is 0.195. The van der Waals surface area contributed by atoms with Crippen LogP contribution in [0.25, 0.3) is 0 Å². The molecule has 2 rings (SSSR count). The lowest BCUT2D eigenvalue weighted by Crippen LogP contribution is -2.53. The third-order valence-corrected chi connectivity index (χ3v) is 5.47. The van der Waals surface area contributed by atoms with Crippen LogP contribution in [0.15, 0.2) is 0 Å². The normalized spacial score (nSPS) is 27.2. The van der Waals surface area contributed by atoms with Gasteiger partial charge >= 0.3 is 6.18 Å². The van der Waals surface area contributed by atoms with Gasteiger partial charge in [-0.1, -0.05) is 20.8 Å². The SMILES string of the molecule is CCN1CCC(NC(=O)CN2CC[C@H](C(F)(F)F)C(C)(C)C2)CC1. The first-order valence-electron chi connectivity index (χ1n) is 8.92. The second kappa shape index (κ2) is 7.60. The summed E-state index contributed by atoms with van der Waals surface area (Å²) < 4.78 is 39.3. The number of alkyl halides is 3. The Morgan fingerprint density at radius 3 is 2.21 bits per heavy atom. The van der Waals surface area contributed by atoms with Gasteiger partial charge in [-0.3, -0.25) is 9.69 Å². The molecule has 2 aliphatic rings. The van der Waals surface area contributed by atoms with E-state index in [4.69, 9.17) is 0 Å². The van der Waals surface area contributed by atoms with E-state index in [0.717, 1.165) is 32.5 Å².